The standard InChI is InChI=1S/C20H19F6N3O3/c1-31-16-9-27-10-17(29-16)32-15-4-2-14(3-5-15)28-18(30)11-6-12(19(21,22)23)8-13(7-11)20(24,25)26/h6-10,14-15H,2-5H2,1H3,(H,28,30). The van der Waals surface area contributed by atoms with Gasteiger partial charge in [-0.2, -0.15) is 31.3 Å². The number of carbonyl (C=O) groups is 1. The molecular formula is C20H19F6N3O3. The molecule has 0 unspecified atom stereocenters. The van der Waals surface area contributed by atoms with Crippen LogP contribution in [-0.2, 0) is 12.4 Å². The lowest BCUT2D eigenvalue weighted by Crippen LogP contribution is -2.40. The number of carbonyl (C=O) groups excluding carboxylic acids is 1. The van der Waals surface area contributed by atoms with Crippen molar-refractivity contribution in [3.63, 3.8) is 0 Å². The Morgan fingerprint density at radius 2 is 1.50 bits per heavy atom. The normalized spacial score (nSPS) is 19.3. The van der Waals surface area contributed by atoms with Gasteiger partial charge in [-0.3, -0.25) is 9.78 Å². The van der Waals surface area contributed by atoms with Crippen LogP contribution in [0.1, 0.15) is 47.2 Å². The monoisotopic (exact) mass is 463 g/mol. The van der Waals surface area contributed by atoms with Crippen LogP contribution in [0.2, 0.25) is 0 Å². The Hall–Kier alpha value is -3.05. The topological polar surface area (TPSA) is 73.3 Å². The van der Waals surface area contributed by atoms with Gasteiger partial charge >= 0.3 is 12.4 Å². The molecular weight excluding hydrogens is 444 g/mol. The molecule has 1 fully saturated rings. The molecule has 1 aromatic carbocycles. The quantitative estimate of drug-likeness (QED) is 0.654. The summed E-state index contributed by atoms with van der Waals surface area (Å²) in [5, 5.41) is 2.52. The first-order valence-electron chi connectivity index (χ1n) is 9.58. The van der Waals surface area contributed by atoms with Crippen molar-refractivity contribution >= 4 is 5.91 Å². The van der Waals surface area contributed by atoms with Crippen molar-refractivity contribution in [1.29, 1.82) is 0 Å². The van der Waals surface area contributed by atoms with Crippen molar-refractivity contribution in [3.8, 4) is 11.8 Å². The Morgan fingerprint density at radius 3 is 2.03 bits per heavy atom. The number of benzene rings is 1. The van der Waals surface area contributed by atoms with Gasteiger partial charge in [0.25, 0.3) is 5.91 Å². The number of halogens is 6. The summed E-state index contributed by atoms with van der Waals surface area (Å²) in [6, 6.07) is 0.408. The molecule has 1 saturated carbocycles. The van der Waals surface area contributed by atoms with E-state index in [0.29, 0.717) is 37.8 Å². The second kappa shape index (κ2) is 9.21. The fourth-order valence-electron chi connectivity index (χ4n) is 3.34. The first kappa shape index (κ1) is 23.6. The van der Waals surface area contributed by atoms with Gasteiger partial charge < -0.3 is 14.8 Å². The molecule has 6 nitrogen and oxygen atoms in total. The van der Waals surface area contributed by atoms with Crippen LogP contribution in [0.5, 0.6) is 11.8 Å². The van der Waals surface area contributed by atoms with E-state index in [0.717, 1.165) is 0 Å². The number of hydrogen-bond donors (Lipinski definition) is 1. The summed E-state index contributed by atoms with van der Waals surface area (Å²) in [4.78, 5) is 20.4. The van der Waals surface area contributed by atoms with Crippen LogP contribution in [0.25, 0.3) is 0 Å². The van der Waals surface area contributed by atoms with Gasteiger partial charge in [0.1, 0.15) is 6.10 Å². The number of amides is 1. The minimum atomic E-state index is -5.02. The van der Waals surface area contributed by atoms with Crippen LogP contribution in [0.15, 0.2) is 30.6 Å². The maximum atomic E-state index is 13.0. The highest BCUT2D eigenvalue weighted by atomic mass is 19.4. The average Bonchev–Trinajstić information content (AvgIpc) is 2.73. The molecule has 0 atom stereocenters. The van der Waals surface area contributed by atoms with E-state index in [2.05, 4.69) is 15.3 Å². The van der Waals surface area contributed by atoms with Gasteiger partial charge in [-0.25, -0.2) is 0 Å². The van der Waals surface area contributed by atoms with Gasteiger partial charge in [-0.15, -0.1) is 0 Å². The Bertz CT molecular complexity index is 924. The molecule has 1 amide bonds. The summed E-state index contributed by atoms with van der Waals surface area (Å²) < 4.78 is 88.7. The third kappa shape index (κ3) is 6.01. The van der Waals surface area contributed by atoms with E-state index in [9.17, 15) is 31.1 Å². The molecule has 1 heterocycles. The molecule has 1 N–H and O–H groups in total. The fraction of sp³-hybridized carbons (Fsp3) is 0.450. The molecule has 1 aliphatic carbocycles. The van der Waals surface area contributed by atoms with Gasteiger partial charge in [0.2, 0.25) is 11.8 Å². The summed E-state index contributed by atoms with van der Waals surface area (Å²) in [5.74, 6) is -0.451. The van der Waals surface area contributed by atoms with Crippen LogP contribution in [-0.4, -0.2) is 35.1 Å². The molecule has 0 bridgehead atoms. The Kier molecular flexibility index (Phi) is 6.79. The van der Waals surface area contributed by atoms with Crippen LogP contribution in [0.3, 0.4) is 0 Å². The van der Waals surface area contributed by atoms with Gasteiger partial charge in [0.05, 0.1) is 30.6 Å². The lowest BCUT2D eigenvalue weighted by molar-refractivity contribution is -0.143. The van der Waals surface area contributed by atoms with E-state index >= 15 is 0 Å². The lowest BCUT2D eigenvalue weighted by Gasteiger charge is -2.29. The summed E-state index contributed by atoms with van der Waals surface area (Å²) in [5.41, 5.74) is -3.76. The number of aromatic nitrogens is 2. The predicted molar refractivity (Wildman–Crippen MR) is 99.2 cm³/mol. The zero-order valence-corrected chi connectivity index (χ0v) is 16.8. The largest absolute Gasteiger partial charge is 0.480 e. The Balaban J connectivity index is 1.63. The van der Waals surface area contributed by atoms with E-state index in [4.69, 9.17) is 9.47 Å². The average molecular weight is 463 g/mol. The van der Waals surface area contributed by atoms with Crippen LogP contribution in [0, 0.1) is 0 Å². The number of alkyl halides is 6. The van der Waals surface area contributed by atoms with Crippen molar-refractivity contribution < 1.29 is 40.6 Å². The van der Waals surface area contributed by atoms with Crippen LogP contribution >= 0.6 is 0 Å². The zero-order valence-electron chi connectivity index (χ0n) is 16.8. The van der Waals surface area contributed by atoms with E-state index < -0.39 is 41.0 Å². The summed E-state index contributed by atoms with van der Waals surface area (Å²) >= 11 is 0. The second-order valence-corrected chi connectivity index (χ2v) is 7.26. The molecule has 1 aromatic heterocycles. The van der Waals surface area contributed by atoms with Crippen molar-refractivity contribution in [1.82, 2.24) is 15.3 Å². The number of hydrogen-bond acceptors (Lipinski definition) is 5. The molecule has 1 aliphatic rings. The first-order chi connectivity index (χ1) is 15.0. The molecule has 174 valence electrons. The minimum Gasteiger partial charge on any atom is -0.480 e. The van der Waals surface area contributed by atoms with E-state index in [1.54, 1.807) is 0 Å². The van der Waals surface area contributed by atoms with Gasteiger partial charge in [0, 0.05) is 11.6 Å². The third-order valence-electron chi connectivity index (χ3n) is 4.95. The fourth-order valence-corrected chi connectivity index (χ4v) is 3.34. The lowest BCUT2D eigenvalue weighted by atomic mass is 9.92. The highest BCUT2D eigenvalue weighted by Crippen LogP contribution is 2.36. The number of ether oxygens (including phenoxy) is 2. The van der Waals surface area contributed by atoms with E-state index in [1.165, 1.54) is 19.5 Å². The number of nitrogens with one attached hydrogen (secondary N) is 1. The molecule has 12 heteroatoms. The van der Waals surface area contributed by atoms with Crippen molar-refractivity contribution in [2.45, 2.75) is 50.2 Å². The van der Waals surface area contributed by atoms with Crippen LogP contribution in [0.4, 0.5) is 26.3 Å². The molecule has 0 radical (unpaired) electrons. The molecule has 0 aliphatic heterocycles. The third-order valence-corrected chi connectivity index (χ3v) is 4.95. The molecule has 0 saturated heterocycles. The van der Waals surface area contributed by atoms with Crippen molar-refractivity contribution in [3.05, 3.63) is 47.3 Å². The van der Waals surface area contributed by atoms with Crippen molar-refractivity contribution in [2.75, 3.05) is 7.11 Å². The SMILES string of the molecule is COc1cncc(OC2CCC(NC(=O)c3cc(C(F)(F)F)cc(C(F)(F)F)c3)CC2)n1. The summed E-state index contributed by atoms with van der Waals surface area (Å²) in [6.45, 7) is 0. The number of nitrogens with zero attached hydrogens (tertiary/aromatic N) is 2. The molecule has 0 spiro atoms. The Labute approximate surface area is 179 Å². The van der Waals surface area contributed by atoms with E-state index in [1.807, 2.05) is 0 Å². The van der Waals surface area contributed by atoms with Gasteiger partial charge in [0.15, 0.2) is 0 Å². The highest BCUT2D eigenvalue weighted by molar-refractivity contribution is 5.94. The van der Waals surface area contributed by atoms with Crippen molar-refractivity contribution in [2.24, 2.45) is 0 Å². The first-order valence-corrected chi connectivity index (χ1v) is 9.58. The van der Waals surface area contributed by atoms with Gasteiger partial charge in [-0.1, -0.05) is 0 Å². The highest BCUT2D eigenvalue weighted by Gasteiger charge is 2.37. The van der Waals surface area contributed by atoms with E-state index in [-0.39, 0.29) is 23.9 Å². The number of rotatable bonds is 5. The molecule has 3 rings (SSSR count). The zero-order chi connectivity index (χ0) is 23.5. The maximum absolute atomic E-state index is 13.0. The minimum absolute atomic E-state index is 0.0131. The predicted octanol–water partition coefficient (Wildman–Crippen LogP) is 4.64. The van der Waals surface area contributed by atoms with Crippen LogP contribution < -0.4 is 14.8 Å². The molecule has 2 aromatic rings. The number of methoxy groups -OCH3 is 1. The summed E-state index contributed by atoms with van der Waals surface area (Å²) in [7, 11) is 1.43. The maximum Gasteiger partial charge on any atom is 0.416 e. The molecule has 32 heavy (non-hydrogen) atoms. The smallest absolute Gasteiger partial charge is 0.416 e. The second-order valence-electron chi connectivity index (χ2n) is 7.26. The Morgan fingerprint density at radius 1 is 0.938 bits per heavy atom. The summed E-state index contributed by atoms with van der Waals surface area (Å²) in [6.07, 6.45) is -5.57. The van der Waals surface area contributed by atoms with Gasteiger partial charge in [-0.05, 0) is 43.9 Å².